The minimum absolute atomic E-state index is 0.0825. The molecule has 2 N–H and O–H groups in total. The predicted molar refractivity (Wildman–Crippen MR) is 124 cm³/mol. The van der Waals surface area contributed by atoms with Gasteiger partial charge in [-0.25, -0.2) is 19.3 Å². The topological polar surface area (TPSA) is 97.8 Å². The van der Waals surface area contributed by atoms with Gasteiger partial charge in [-0.05, 0) is 41.9 Å². The highest BCUT2D eigenvalue weighted by Crippen LogP contribution is 2.31. The van der Waals surface area contributed by atoms with Crippen LogP contribution < -0.4 is 14.8 Å². The first-order chi connectivity index (χ1) is 16.2. The van der Waals surface area contributed by atoms with Gasteiger partial charge in [-0.3, -0.25) is 0 Å². The normalized spacial score (nSPS) is 11.0. The summed E-state index contributed by atoms with van der Waals surface area (Å²) in [7, 11) is 1.76. The molecule has 0 fully saturated rings. The Hall–Kier alpha value is -4.05. The Morgan fingerprint density at radius 2 is 1.82 bits per heavy atom. The summed E-state index contributed by atoms with van der Waals surface area (Å²) in [5.41, 5.74) is 2.65. The van der Waals surface area contributed by atoms with Crippen LogP contribution >= 0.6 is 11.5 Å². The highest BCUT2D eigenvalue weighted by atomic mass is 32.1. The number of nitrogens with one attached hydrogen (secondary N) is 2. The molecular weight excluding hydrogens is 443 g/mol. The zero-order chi connectivity index (χ0) is 22.6. The van der Waals surface area contributed by atoms with Crippen molar-refractivity contribution in [3.05, 3.63) is 77.2 Å². The Balaban J connectivity index is 1.44. The monoisotopic (exact) mass is 462 g/mol. The molecule has 0 spiro atoms. The molecule has 5 aromatic rings. The second-order valence-electron chi connectivity index (χ2n) is 7.08. The Morgan fingerprint density at radius 1 is 1.00 bits per heavy atom. The number of anilines is 1. The number of aromatic nitrogens is 5. The molecule has 0 bridgehead atoms. The van der Waals surface area contributed by atoms with Gasteiger partial charge < -0.3 is 19.8 Å². The summed E-state index contributed by atoms with van der Waals surface area (Å²) >= 11 is 1.26. The minimum Gasteiger partial charge on any atom is -0.489 e. The number of aromatic amines is 1. The summed E-state index contributed by atoms with van der Waals surface area (Å²) in [6, 6.07) is 15.7. The fourth-order valence-corrected chi connectivity index (χ4v) is 3.76. The number of fused-ring (bicyclic) bond motifs is 1. The van der Waals surface area contributed by atoms with Crippen LogP contribution in [0.25, 0.3) is 22.6 Å². The standard InChI is InChI=1S/C23H19FN6O2S/c1-25-23-28-20(33-30-23)13-32-17-10-15(21-27-19-7-4-8-26-22(19)29-21)9-16(11-17)31-12-14-5-2-3-6-18(14)24/h2-11H,12-13H2,1H3,(H,25,30)(H,26,27,29). The molecule has 10 heteroatoms. The number of rotatable bonds is 8. The summed E-state index contributed by atoms with van der Waals surface area (Å²) in [4.78, 5) is 16.4. The van der Waals surface area contributed by atoms with E-state index in [0.29, 0.717) is 34.5 Å². The molecule has 0 unspecified atom stereocenters. The van der Waals surface area contributed by atoms with Crippen molar-refractivity contribution in [1.82, 2.24) is 24.3 Å². The van der Waals surface area contributed by atoms with Gasteiger partial charge in [0.25, 0.3) is 0 Å². The molecule has 3 heterocycles. The molecule has 8 nitrogen and oxygen atoms in total. The molecule has 0 aliphatic rings. The van der Waals surface area contributed by atoms with Crippen molar-refractivity contribution in [3.8, 4) is 22.9 Å². The molecule has 0 amide bonds. The smallest absolute Gasteiger partial charge is 0.234 e. The van der Waals surface area contributed by atoms with Crippen LogP contribution in [0.5, 0.6) is 11.5 Å². The van der Waals surface area contributed by atoms with Gasteiger partial charge in [0.1, 0.15) is 36.4 Å². The third-order valence-corrected chi connectivity index (χ3v) is 5.50. The summed E-state index contributed by atoms with van der Waals surface area (Å²) in [5.74, 6) is 1.94. The van der Waals surface area contributed by atoms with Crippen LogP contribution in [-0.4, -0.2) is 31.4 Å². The Bertz CT molecular complexity index is 1370. The van der Waals surface area contributed by atoms with Crippen molar-refractivity contribution in [2.75, 3.05) is 12.4 Å². The van der Waals surface area contributed by atoms with Crippen LogP contribution in [0.4, 0.5) is 10.3 Å². The Kier molecular flexibility index (Phi) is 5.81. The van der Waals surface area contributed by atoms with E-state index < -0.39 is 0 Å². The second kappa shape index (κ2) is 9.21. The van der Waals surface area contributed by atoms with Crippen LogP contribution in [0.2, 0.25) is 0 Å². The number of hydrogen-bond acceptors (Lipinski definition) is 8. The van der Waals surface area contributed by atoms with Crippen molar-refractivity contribution >= 4 is 28.6 Å². The van der Waals surface area contributed by atoms with E-state index in [4.69, 9.17) is 9.47 Å². The number of nitrogens with zero attached hydrogens (tertiary/aromatic N) is 4. The zero-order valence-electron chi connectivity index (χ0n) is 17.6. The maximum absolute atomic E-state index is 14.0. The van der Waals surface area contributed by atoms with E-state index in [2.05, 4.69) is 29.6 Å². The first-order valence-corrected chi connectivity index (χ1v) is 10.9. The predicted octanol–water partition coefficient (Wildman–Crippen LogP) is 4.82. The lowest BCUT2D eigenvalue weighted by atomic mass is 10.2. The molecule has 5 rings (SSSR count). The SMILES string of the molecule is CNc1nsc(COc2cc(OCc3ccccc3F)cc(-c3nc4ncccc4[nH]3)c2)n1. The van der Waals surface area contributed by atoms with Gasteiger partial charge in [-0.15, -0.1) is 0 Å². The molecule has 166 valence electrons. The molecule has 0 radical (unpaired) electrons. The number of pyridine rings is 1. The maximum Gasteiger partial charge on any atom is 0.234 e. The average molecular weight is 463 g/mol. The molecule has 0 atom stereocenters. The van der Waals surface area contributed by atoms with E-state index in [1.165, 1.54) is 17.6 Å². The van der Waals surface area contributed by atoms with Gasteiger partial charge in [0.15, 0.2) is 10.7 Å². The summed E-state index contributed by atoms with van der Waals surface area (Å²) < 4.78 is 30.1. The van der Waals surface area contributed by atoms with Crippen LogP contribution in [0.3, 0.4) is 0 Å². The zero-order valence-corrected chi connectivity index (χ0v) is 18.4. The van der Waals surface area contributed by atoms with Gasteiger partial charge in [-0.2, -0.15) is 4.37 Å². The van der Waals surface area contributed by atoms with Gasteiger partial charge in [0.05, 0.1) is 5.52 Å². The van der Waals surface area contributed by atoms with Gasteiger partial charge >= 0.3 is 0 Å². The molecule has 0 aliphatic heterocycles. The van der Waals surface area contributed by atoms with E-state index in [0.717, 1.165) is 16.1 Å². The van der Waals surface area contributed by atoms with E-state index in [1.54, 1.807) is 37.5 Å². The first kappa shape index (κ1) is 20.8. The third kappa shape index (κ3) is 4.75. The summed E-state index contributed by atoms with van der Waals surface area (Å²) in [6.07, 6.45) is 1.69. The maximum atomic E-state index is 14.0. The van der Waals surface area contributed by atoms with Crippen LogP contribution in [0.1, 0.15) is 10.6 Å². The fourth-order valence-electron chi connectivity index (χ4n) is 3.19. The lowest BCUT2D eigenvalue weighted by Crippen LogP contribution is -2.00. The van der Waals surface area contributed by atoms with Crippen molar-refractivity contribution in [2.24, 2.45) is 0 Å². The van der Waals surface area contributed by atoms with Crippen LogP contribution in [0, 0.1) is 5.82 Å². The quantitative estimate of drug-likeness (QED) is 0.341. The minimum atomic E-state index is -0.315. The highest BCUT2D eigenvalue weighted by molar-refractivity contribution is 7.05. The van der Waals surface area contributed by atoms with Gasteiger partial charge in [-0.1, -0.05) is 18.2 Å². The van der Waals surface area contributed by atoms with Crippen molar-refractivity contribution in [2.45, 2.75) is 13.2 Å². The Labute approximate surface area is 192 Å². The van der Waals surface area contributed by atoms with E-state index in [9.17, 15) is 4.39 Å². The molecule has 3 aromatic heterocycles. The molecule has 0 saturated heterocycles. The van der Waals surface area contributed by atoms with Crippen molar-refractivity contribution in [3.63, 3.8) is 0 Å². The number of H-pyrrole nitrogens is 1. The average Bonchev–Trinajstić information content (AvgIpc) is 3.49. The first-order valence-electron chi connectivity index (χ1n) is 10.1. The number of benzene rings is 2. The van der Waals surface area contributed by atoms with Crippen molar-refractivity contribution < 1.29 is 13.9 Å². The largest absolute Gasteiger partial charge is 0.489 e. The Morgan fingerprint density at radius 3 is 2.58 bits per heavy atom. The molecular formula is C23H19FN6O2S. The van der Waals surface area contributed by atoms with E-state index >= 15 is 0 Å². The van der Waals surface area contributed by atoms with Crippen LogP contribution in [-0.2, 0) is 13.2 Å². The molecule has 33 heavy (non-hydrogen) atoms. The number of imidazole rings is 1. The number of ether oxygens (including phenoxy) is 2. The number of hydrogen-bond donors (Lipinski definition) is 2. The summed E-state index contributed by atoms with van der Waals surface area (Å²) in [5, 5.41) is 3.63. The van der Waals surface area contributed by atoms with Gasteiger partial charge in [0.2, 0.25) is 5.95 Å². The fraction of sp³-hybridized carbons (Fsp3) is 0.130. The van der Waals surface area contributed by atoms with E-state index in [-0.39, 0.29) is 19.0 Å². The van der Waals surface area contributed by atoms with Crippen LogP contribution in [0.15, 0.2) is 60.8 Å². The van der Waals surface area contributed by atoms with Gasteiger partial charge in [0, 0.05) is 30.4 Å². The third-order valence-electron chi connectivity index (χ3n) is 4.82. The lowest BCUT2D eigenvalue weighted by Gasteiger charge is -2.11. The molecule has 0 aliphatic carbocycles. The lowest BCUT2D eigenvalue weighted by molar-refractivity contribution is 0.287. The summed E-state index contributed by atoms with van der Waals surface area (Å²) in [6.45, 7) is 0.330. The second-order valence-corrected chi connectivity index (χ2v) is 7.92. The highest BCUT2D eigenvalue weighted by Gasteiger charge is 2.12. The molecule has 2 aromatic carbocycles. The molecule has 0 saturated carbocycles. The number of halogens is 1. The van der Waals surface area contributed by atoms with Crippen molar-refractivity contribution in [1.29, 1.82) is 0 Å². The van der Waals surface area contributed by atoms with E-state index in [1.807, 2.05) is 24.3 Å².